The number of methoxy groups -OCH3 is 1. The van der Waals surface area contributed by atoms with Crippen LogP contribution < -0.4 is 15.4 Å². The van der Waals surface area contributed by atoms with Gasteiger partial charge in [-0.05, 0) is 36.4 Å². The summed E-state index contributed by atoms with van der Waals surface area (Å²) in [6.07, 6.45) is 3.41. The molecule has 3 aromatic rings. The van der Waals surface area contributed by atoms with Crippen LogP contribution in [0.1, 0.15) is 0 Å². The second-order valence-corrected chi connectivity index (χ2v) is 6.07. The first-order valence-corrected chi connectivity index (χ1v) is 8.51. The van der Waals surface area contributed by atoms with E-state index in [-0.39, 0.29) is 17.9 Å². The van der Waals surface area contributed by atoms with Gasteiger partial charge in [0.25, 0.3) is 5.69 Å². The molecular weight excluding hydrogens is 386 g/mol. The Morgan fingerprint density at radius 2 is 2.14 bits per heavy atom. The summed E-state index contributed by atoms with van der Waals surface area (Å²) in [5.74, 6) is -0.115. The van der Waals surface area contributed by atoms with Gasteiger partial charge in [0.1, 0.15) is 11.4 Å². The molecule has 10 heteroatoms. The zero-order chi connectivity index (χ0) is 20.1. The standard InChI is InChI=1S/C18H16ClN5O4/c1-28-13-4-5-15(17(10-13)24(26)27)22-18(25)11-20-12-3-6-16(14(19)9-12)23-8-2-7-21-23/h2-10,20H,11H2,1H3,(H,22,25). The Kier molecular flexibility index (Phi) is 5.75. The predicted octanol–water partition coefficient (Wildman–Crippen LogP) is 3.49. The van der Waals surface area contributed by atoms with Crippen LogP contribution in [0, 0.1) is 10.1 Å². The van der Waals surface area contributed by atoms with Crippen molar-refractivity contribution in [2.45, 2.75) is 0 Å². The molecule has 2 aromatic carbocycles. The van der Waals surface area contributed by atoms with Crippen molar-refractivity contribution in [1.82, 2.24) is 9.78 Å². The highest BCUT2D eigenvalue weighted by molar-refractivity contribution is 6.32. The van der Waals surface area contributed by atoms with Gasteiger partial charge in [0, 0.05) is 18.1 Å². The van der Waals surface area contributed by atoms with Crippen molar-refractivity contribution in [1.29, 1.82) is 0 Å². The molecule has 0 fully saturated rings. The predicted molar refractivity (Wildman–Crippen MR) is 105 cm³/mol. The van der Waals surface area contributed by atoms with E-state index in [2.05, 4.69) is 15.7 Å². The number of amides is 1. The van der Waals surface area contributed by atoms with E-state index in [1.165, 1.54) is 25.3 Å². The van der Waals surface area contributed by atoms with Crippen LogP contribution >= 0.6 is 11.6 Å². The Balaban J connectivity index is 1.65. The van der Waals surface area contributed by atoms with Gasteiger partial charge < -0.3 is 15.4 Å². The molecule has 0 aliphatic heterocycles. The van der Waals surface area contributed by atoms with E-state index in [1.807, 2.05) is 0 Å². The molecule has 0 aliphatic carbocycles. The first-order chi connectivity index (χ1) is 13.5. The number of hydrogen-bond acceptors (Lipinski definition) is 6. The van der Waals surface area contributed by atoms with Crippen LogP contribution in [-0.2, 0) is 4.79 Å². The number of nitrogens with one attached hydrogen (secondary N) is 2. The minimum Gasteiger partial charge on any atom is -0.496 e. The molecule has 0 spiro atoms. The molecule has 28 heavy (non-hydrogen) atoms. The van der Waals surface area contributed by atoms with Gasteiger partial charge in [0.05, 0.1) is 35.4 Å². The number of nitro groups is 1. The highest BCUT2D eigenvalue weighted by atomic mass is 35.5. The van der Waals surface area contributed by atoms with E-state index in [1.54, 1.807) is 41.3 Å². The molecule has 0 saturated heterocycles. The molecule has 0 bridgehead atoms. The molecule has 0 saturated carbocycles. The molecule has 1 aromatic heterocycles. The van der Waals surface area contributed by atoms with Gasteiger partial charge >= 0.3 is 0 Å². The third-order valence-electron chi connectivity index (χ3n) is 3.83. The van der Waals surface area contributed by atoms with Gasteiger partial charge in [-0.25, -0.2) is 4.68 Å². The quantitative estimate of drug-likeness (QED) is 0.463. The highest BCUT2D eigenvalue weighted by Gasteiger charge is 2.17. The smallest absolute Gasteiger partial charge is 0.296 e. The van der Waals surface area contributed by atoms with Gasteiger partial charge in [-0.15, -0.1) is 0 Å². The van der Waals surface area contributed by atoms with Crippen LogP contribution in [0.3, 0.4) is 0 Å². The van der Waals surface area contributed by atoms with Crippen molar-refractivity contribution in [3.05, 3.63) is 70.0 Å². The maximum absolute atomic E-state index is 12.2. The monoisotopic (exact) mass is 401 g/mol. The number of halogens is 1. The summed E-state index contributed by atoms with van der Waals surface area (Å²) in [7, 11) is 1.41. The molecule has 3 rings (SSSR count). The third-order valence-corrected chi connectivity index (χ3v) is 4.13. The molecule has 0 radical (unpaired) electrons. The zero-order valence-electron chi connectivity index (χ0n) is 14.8. The Hall–Kier alpha value is -3.59. The summed E-state index contributed by atoms with van der Waals surface area (Å²) in [6, 6.07) is 11.2. The normalized spacial score (nSPS) is 10.4. The van der Waals surface area contributed by atoms with Gasteiger partial charge in [0.15, 0.2) is 0 Å². The number of ether oxygens (including phenoxy) is 1. The lowest BCUT2D eigenvalue weighted by molar-refractivity contribution is -0.384. The van der Waals surface area contributed by atoms with Crippen LogP contribution in [0.25, 0.3) is 5.69 Å². The van der Waals surface area contributed by atoms with Crippen LogP contribution in [-0.4, -0.2) is 34.3 Å². The summed E-state index contributed by atoms with van der Waals surface area (Å²) in [6.45, 7) is -0.0966. The first kappa shape index (κ1) is 19.2. The van der Waals surface area contributed by atoms with Crippen molar-refractivity contribution >= 4 is 34.6 Å². The molecule has 0 unspecified atom stereocenters. The first-order valence-electron chi connectivity index (χ1n) is 8.13. The summed E-state index contributed by atoms with van der Waals surface area (Å²) in [5, 5.41) is 21.2. The van der Waals surface area contributed by atoms with E-state index in [4.69, 9.17) is 16.3 Å². The topological polar surface area (TPSA) is 111 Å². The average Bonchev–Trinajstić information content (AvgIpc) is 3.21. The van der Waals surface area contributed by atoms with Crippen molar-refractivity contribution < 1.29 is 14.5 Å². The number of carbonyl (C=O) groups excluding carboxylic acids is 1. The fourth-order valence-corrected chi connectivity index (χ4v) is 2.75. The van der Waals surface area contributed by atoms with Crippen molar-refractivity contribution in [2.75, 3.05) is 24.3 Å². The lowest BCUT2D eigenvalue weighted by Crippen LogP contribution is -2.22. The van der Waals surface area contributed by atoms with Crippen molar-refractivity contribution in [2.24, 2.45) is 0 Å². The number of benzene rings is 2. The summed E-state index contributed by atoms with van der Waals surface area (Å²) in [4.78, 5) is 22.8. The molecule has 2 N–H and O–H groups in total. The number of hydrogen-bond donors (Lipinski definition) is 2. The molecule has 1 heterocycles. The highest BCUT2D eigenvalue weighted by Crippen LogP contribution is 2.29. The lowest BCUT2D eigenvalue weighted by Gasteiger charge is -2.11. The summed E-state index contributed by atoms with van der Waals surface area (Å²) < 4.78 is 6.60. The average molecular weight is 402 g/mol. The zero-order valence-corrected chi connectivity index (χ0v) is 15.5. The van der Waals surface area contributed by atoms with Crippen LogP contribution in [0.4, 0.5) is 17.1 Å². The van der Waals surface area contributed by atoms with Gasteiger partial charge in [-0.3, -0.25) is 14.9 Å². The Bertz CT molecular complexity index is 1010. The Labute approximate surface area is 165 Å². The van der Waals surface area contributed by atoms with Crippen LogP contribution in [0.5, 0.6) is 5.75 Å². The van der Waals surface area contributed by atoms with Crippen LogP contribution in [0.15, 0.2) is 54.9 Å². The van der Waals surface area contributed by atoms with Crippen molar-refractivity contribution in [3.8, 4) is 11.4 Å². The number of nitro benzene ring substituents is 1. The Morgan fingerprint density at radius 1 is 1.32 bits per heavy atom. The summed E-state index contributed by atoms with van der Waals surface area (Å²) >= 11 is 6.26. The Morgan fingerprint density at radius 3 is 2.79 bits per heavy atom. The SMILES string of the molecule is COc1ccc(NC(=O)CNc2ccc(-n3cccn3)c(Cl)c2)c([N+](=O)[O-])c1. The largest absolute Gasteiger partial charge is 0.496 e. The number of rotatable bonds is 7. The fourth-order valence-electron chi connectivity index (χ4n) is 2.49. The lowest BCUT2D eigenvalue weighted by atomic mass is 10.2. The molecular formula is C18H16ClN5O4. The van der Waals surface area contributed by atoms with Crippen LogP contribution in [0.2, 0.25) is 5.02 Å². The van der Waals surface area contributed by atoms with Crippen molar-refractivity contribution in [3.63, 3.8) is 0 Å². The van der Waals surface area contributed by atoms with E-state index < -0.39 is 10.8 Å². The summed E-state index contributed by atoms with van der Waals surface area (Å²) in [5.41, 5.74) is 1.17. The van der Waals surface area contributed by atoms with E-state index in [9.17, 15) is 14.9 Å². The molecule has 0 atom stereocenters. The molecule has 0 aliphatic rings. The van der Waals surface area contributed by atoms with E-state index in [0.717, 1.165) is 0 Å². The second-order valence-electron chi connectivity index (χ2n) is 5.66. The number of nitrogens with zero attached hydrogens (tertiary/aromatic N) is 3. The number of anilines is 2. The number of carbonyl (C=O) groups is 1. The van der Waals surface area contributed by atoms with Gasteiger partial charge in [-0.2, -0.15) is 5.10 Å². The van der Waals surface area contributed by atoms with Gasteiger partial charge in [-0.1, -0.05) is 11.6 Å². The third kappa shape index (κ3) is 4.38. The van der Waals surface area contributed by atoms with E-state index in [0.29, 0.717) is 22.1 Å². The molecule has 1 amide bonds. The number of aromatic nitrogens is 2. The maximum atomic E-state index is 12.2. The van der Waals surface area contributed by atoms with E-state index >= 15 is 0 Å². The van der Waals surface area contributed by atoms with Gasteiger partial charge in [0.2, 0.25) is 5.91 Å². The molecule has 144 valence electrons. The second kappa shape index (κ2) is 8.40. The molecule has 9 nitrogen and oxygen atoms in total. The minimum absolute atomic E-state index is 0.0877. The maximum Gasteiger partial charge on any atom is 0.296 e. The minimum atomic E-state index is -0.584. The fraction of sp³-hybridized carbons (Fsp3) is 0.111.